The zero-order valence-electron chi connectivity index (χ0n) is 7.47. The molecule has 0 aliphatic heterocycles. The largest absolute Gasteiger partial charge is 1.00 e. The van der Waals surface area contributed by atoms with Crippen LogP contribution in [0.1, 0.15) is 16.1 Å². The summed E-state index contributed by atoms with van der Waals surface area (Å²) in [5, 5.41) is 10.4. The molecule has 0 atom stereocenters. The summed E-state index contributed by atoms with van der Waals surface area (Å²) < 4.78 is 20.7. The third-order valence-corrected chi connectivity index (χ3v) is 1.98. The summed E-state index contributed by atoms with van der Waals surface area (Å²) >= 11 is 0. The minimum Gasteiger partial charge on any atom is -0.543 e. The Morgan fingerprint density at radius 1 is 1.50 bits per heavy atom. The van der Waals surface area contributed by atoms with E-state index in [0.29, 0.717) is 0 Å². The SMILES string of the molecule is O=C([O-])c1ncccc1C[SH](=O)=O.[K+]. The zero-order chi connectivity index (χ0) is 9.84. The Morgan fingerprint density at radius 3 is 2.64 bits per heavy atom. The van der Waals surface area contributed by atoms with Gasteiger partial charge < -0.3 is 9.90 Å². The maximum atomic E-state index is 10.4. The van der Waals surface area contributed by atoms with Crippen molar-refractivity contribution < 1.29 is 69.7 Å². The van der Waals surface area contributed by atoms with Crippen molar-refractivity contribution >= 4 is 16.7 Å². The number of carbonyl (C=O) groups is 1. The van der Waals surface area contributed by atoms with Gasteiger partial charge in [-0.05, 0) is 11.6 Å². The smallest absolute Gasteiger partial charge is 0.543 e. The van der Waals surface area contributed by atoms with Gasteiger partial charge in [-0.3, -0.25) is 4.98 Å². The molecule has 70 valence electrons. The molecule has 7 heteroatoms. The molecule has 0 bridgehead atoms. The fourth-order valence-corrected chi connectivity index (χ4v) is 1.42. The third-order valence-electron chi connectivity index (χ3n) is 1.38. The minimum absolute atomic E-state index is 0. The fraction of sp³-hybridized carbons (Fsp3) is 0.143. The number of rotatable bonds is 3. The molecule has 1 heterocycles. The number of hydrogen-bond donors (Lipinski definition) is 1. The minimum atomic E-state index is -2.65. The molecule has 0 amide bonds. The Bertz CT molecular complexity index is 396. The number of carbonyl (C=O) groups excluding carboxylic acids is 1. The number of aromatic carboxylic acids is 1. The molecule has 0 unspecified atom stereocenters. The van der Waals surface area contributed by atoms with Crippen molar-refractivity contribution in [3.05, 3.63) is 29.6 Å². The van der Waals surface area contributed by atoms with Crippen LogP contribution in [0.25, 0.3) is 0 Å². The predicted molar refractivity (Wildman–Crippen MR) is 42.6 cm³/mol. The van der Waals surface area contributed by atoms with Gasteiger partial charge in [0.05, 0.1) is 17.4 Å². The quantitative estimate of drug-likeness (QED) is 0.425. The van der Waals surface area contributed by atoms with E-state index < -0.39 is 16.7 Å². The van der Waals surface area contributed by atoms with Gasteiger partial charge in [-0.15, -0.1) is 0 Å². The van der Waals surface area contributed by atoms with E-state index in [9.17, 15) is 18.3 Å². The number of nitrogens with zero attached hydrogens (tertiary/aromatic N) is 1. The van der Waals surface area contributed by atoms with Crippen LogP contribution in [0.5, 0.6) is 0 Å². The van der Waals surface area contributed by atoms with Crippen molar-refractivity contribution in [2.24, 2.45) is 0 Å². The maximum Gasteiger partial charge on any atom is 1.00 e. The van der Waals surface area contributed by atoms with Gasteiger partial charge in [-0.25, -0.2) is 8.42 Å². The van der Waals surface area contributed by atoms with Gasteiger partial charge in [0.15, 0.2) is 0 Å². The Labute approximate surface area is 125 Å². The Balaban J connectivity index is 0.00000169. The van der Waals surface area contributed by atoms with Crippen LogP contribution in [0.4, 0.5) is 0 Å². The molecule has 0 aliphatic carbocycles. The number of hydrogen-bond acceptors (Lipinski definition) is 5. The van der Waals surface area contributed by atoms with E-state index in [2.05, 4.69) is 4.98 Å². The number of carboxylic acids is 1. The average Bonchev–Trinajstić information content (AvgIpc) is 2.03. The number of carboxylic acid groups (broad SMARTS) is 1. The van der Waals surface area contributed by atoms with Gasteiger partial charge in [0, 0.05) is 6.20 Å². The molecular formula is C7H6KNO4S. The molecule has 0 aromatic carbocycles. The third kappa shape index (κ3) is 4.16. The van der Waals surface area contributed by atoms with E-state index in [1.54, 1.807) is 0 Å². The molecule has 0 spiro atoms. The van der Waals surface area contributed by atoms with Crippen LogP contribution in [0.3, 0.4) is 0 Å². The summed E-state index contributed by atoms with van der Waals surface area (Å²) in [5.74, 6) is -1.79. The van der Waals surface area contributed by atoms with Crippen molar-refractivity contribution in [1.82, 2.24) is 4.98 Å². The molecule has 1 aromatic rings. The van der Waals surface area contributed by atoms with E-state index in [1.807, 2.05) is 0 Å². The van der Waals surface area contributed by atoms with E-state index in [1.165, 1.54) is 18.3 Å². The molecule has 14 heavy (non-hydrogen) atoms. The van der Waals surface area contributed by atoms with E-state index in [0.717, 1.165) is 0 Å². The molecular weight excluding hydrogens is 233 g/mol. The number of thiol groups is 1. The van der Waals surface area contributed by atoms with Gasteiger partial charge in [0.1, 0.15) is 10.7 Å². The number of pyridine rings is 1. The summed E-state index contributed by atoms with van der Waals surface area (Å²) in [6.45, 7) is 0. The van der Waals surface area contributed by atoms with Gasteiger partial charge in [0.25, 0.3) is 0 Å². The van der Waals surface area contributed by atoms with Gasteiger partial charge in [0.2, 0.25) is 0 Å². The first-order valence-electron chi connectivity index (χ1n) is 3.38. The molecule has 0 radical (unpaired) electrons. The van der Waals surface area contributed by atoms with Crippen LogP contribution in [-0.2, 0) is 16.5 Å². The van der Waals surface area contributed by atoms with Crippen molar-refractivity contribution in [2.45, 2.75) is 5.75 Å². The Morgan fingerprint density at radius 2 is 2.14 bits per heavy atom. The average molecular weight is 239 g/mol. The molecule has 1 aromatic heterocycles. The van der Waals surface area contributed by atoms with Crippen molar-refractivity contribution in [3.63, 3.8) is 0 Å². The van der Waals surface area contributed by atoms with Crippen LogP contribution < -0.4 is 56.5 Å². The maximum absolute atomic E-state index is 10.4. The summed E-state index contributed by atoms with van der Waals surface area (Å²) in [5.41, 5.74) is -0.166. The summed E-state index contributed by atoms with van der Waals surface area (Å²) in [4.78, 5) is 13.9. The van der Waals surface area contributed by atoms with Crippen molar-refractivity contribution in [2.75, 3.05) is 0 Å². The summed E-state index contributed by atoms with van der Waals surface area (Å²) in [6.07, 6.45) is 1.27. The summed E-state index contributed by atoms with van der Waals surface area (Å²) in [7, 11) is -2.65. The molecule has 0 saturated heterocycles. The monoisotopic (exact) mass is 239 g/mol. The van der Waals surface area contributed by atoms with Crippen LogP contribution in [-0.4, -0.2) is 19.4 Å². The molecule has 0 N–H and O–H groups in total. The molecule has 0 aliphatic rings. The normalized spacial score (nSPS) is 9.50. The predicted octanol–water partition coefficient (Wildman–Crippen LogP) is -4.44. The van der Waals surface area contributed by atoms with Gasteiger partial charge >= 0.3 is 51.4 Å². The first-order chi connectivity index (χ1) is 6.11. The first kappa shape index (κ1) is 14.2. The zero-order valence-corrected chi connectivity index (χ0v) is 11.5. The van der Waals surface area contributed by atoms with E-state index >= 15 is 0 Å². The molecule has 1 rings (SSSR count). The molecule has 0 fully saturated rings. The van der Waals surface area contributed by atoms with Crippen molar-refractivity contribution in [3.8, 4) is 0 Å². The molecule has 5 nitrogen and oxygen atoms in total. The topological polar surface area (TPSA) is 87.2 Å². The Kier molecular flexibility index (Phi) is 6.74. The van der Waals surface area contributed by atoms with Crippen LogP contribution >= 0.6 is 0 Å². The Hall–Kier alpha value is 0.206. The van der Waals surface area contributed by atoms with E-state index in [-0.39, 0.29) is 68.4 Å². The summed E-state index contributed by atoms with van der Waals surface area (Å²) in [6, 6.07) is 2.86. The second-order valence-corrected chi connectivity index (χ2v) is 3.27. The number of aromatic nitrogens is 1. The van der Waals surface area contributed by atoms with Crippen LogP contribution in [0, 0.1) is 0 Å². The van der Waals surface area contributed by atoms with Gasteiger partial charge in [-0.2, -0.15) is 0 Å². The molecule has 0 saturated carbocycles. The second-order valence-electron chi connectivity index (χ2n) is 2.29. The van der Waals surface area contributed by atoms with Crippen LogP contribution in [0.15, 0.2) is 18.3 Å². The van der Waals surface area contributed by atoms with E-state index in [4.69, 9.17) is 0 Å². The van der Waals surface area contributed by atoms with Gasteiger partial charge in [-0.1, -0.05) is 6.07 Å². The van der Waals surface area contributed by atoms with Crippen LogP contribution in [0.2, 0.25) is 0 Å². The fourth-order valence-electron chi connectivity index (χ4n) is 0.889. The standard InChI is InChI=1S/C7H7NO4S.K/c9-7(10)6-5(4-13(11)12)2-1-3-8-6;/h1-3,13H,4H2,(H,9,10);/q;+1/p-1. The van der Waals surface area contributed by atoms with Crippen molar-refractivity contribution in [1.29, 1.82) is 0 Å². The first-order valence-corrected chi connectivity index (χ1v) is 4.74. The second kappa shape index (κ2) is 6.65.